The number of hydroxylamine groups is 1. The Kier molecular flexibility index (Phi) is 4.16. The molecule has 0 radical (unpaired) electrons. The van der Waals surface area contributed by atoms with Crippen molar-refractivity contribution in [2.24, 2.45) is 0 Å². The summed E-state index contributed by atoms with van der Waals surface area (Å²) < 4.78 is 35.8. The molecular formula is C8H12F3NO. The highest BCUT2D eigenvalue weighted by molar-refractivity contribution is 5.25. The maximum Gasteiger partial charge on any atom is 0.415 e. The lowest BCUT2D eigenvalue weighted by atomic mass is 10.1. The van der Waals surface area contributed by atoms with E-state index in [-0.39, 0.29) is 0 Å². The zero-order valence-electron chi connectivity index (χ0n) is 7.44. The van der Waals surface area contributed by atoms with Crippen molar-refractivity contribution < 1.29 is 18.4 Å². The highest BCUT2D eigenvalue weighted by Gasteiger charge is 2.30. The highest BCUT2D eigenvalue weighted by atomic mass is 19.4. The van der Waals surface area contributed by atoms with E-state index in [2.05, 4.69) is 6.58 Å². The standard InChI is InChI=1S/C8H12F3NO/c1-5(7(3)12-13)4-6(2)8(9,10)11/h4,7,12-13H,2H2,1,3H3/b5-4+/t7-/m0/s1. The molecule has 0 aliphatic heterocycles. The summed E-state index contributed by atoms with van der Waals surface area (Å²) in [7, 11) is 0. The third kappa shape index (κ3) is 4.10. The van der Waals surface area contributed by atoms with Gasteiger partial charge in [0.05, 0.1) is 6.04 Å². The lowest BCUT2D eigenvalue weighted by molar-refractivity contribution is -0.0879. The first kappa shape index (κ1) is 12.2. The molecule has 0 heterocycles. The molecule has 0 saturated heterocycles. The van der Waals surface area contributed by atoms with Gasteiger partial charge in [-0.1, -0.05) is 18.2 Å². The number of rotatable bonds is 3. The molecule has 0 unspecified atom stereocenters. The SMILES string of the molecule is C=C(/C=C(\C)[C@H](C)NO)C(F)(F)F. The molecule has 0 fully saturated rings. The highest BCUT2D eigenvalue weighted by Crippen LogP contribution is 2.26. The molecule has 2 N–H and O–H groups in total. The van der Waals surface area contributed by atoms with Crippen molar-refractivity contribution in [3.05, 3.63) is 23.8 Å². The van der Waals surface area contributed by atoms with E-state index in [1.807, 2.05) is 5.48 Å². The van der Waals surface area contributed by atoms with Gasteiger partial charge < -0.3 is 5.21 Å². The predicted molar refractivity (Wildman–Crippen MR) is 43.3 cm³/mol. The van der Waals surface area contributed by atoms with Crippen molar-refractivity contribution in [1.29, 1.82) is 0 Å². The summed E-state index contributed by atoms with van der Waals surface area (Å²) in [5.41, 5.74) is 1.29. The zero-order chi connectivity index (χ0) is 10.6. The lowest BCUT2D eigenvalue weighted by Gasteiger charge is -2.11. The Hall–Kier alpha value is -0.810. The van der Waals surface area contributed by atoms with Gasteiger partial charge in [-0.3, -0.25) is 0 Å². The van der Waals surface area contributed by atoms with Gasteiger partial charge in [0.1, 0.15) is 0 Å². The number of nitrogens with one attached hydrogen (secondary N) is 1. The van der Waals surface area contributed by atoms with Crippen LogP contribution in [-0.4, -0.2) is 17.4 Å². The van der Waals surface area contributed by atoms with E-state index in [0.717, 1.165) is 6.08 Å². The zero-order valence-corrected chi connectivity index (χ0v) is 7.44. The molecule has 0 saturated carbocycles. The van der Waals surface area contributed by atoms with Crippen LogP contribution in [0.5, 0.6) is 0 Å². The molecule has 0 aromatic carbocycles. The Bertz CT molecular complexity index is 220. The van der Waals surface area contributed by atoms with Gasteiger partial charge in [0, 0.05) is 5.57 Å². The van der Waals surface area contributed by atoms with Crippen LogP contribution < -0.4 is 5.48 Å². The first-order valence-corrected chi connectivity index (χ1v) is 3.63. The average Bonchev–Trinajstić information content (AvgIpc) is 2.01. The third-order valence-corrected chi connectivity index (χ3v) is 1.64. The van der Waals surface area contributed by atoms with Gasteiger partial charge in [-0.25, -0.2) is 0 Å². The minimum absolute atomic E-state index is 0.366. The Morgan fingerprint density at radius 2 is 2.00 bits per heavy atom. The smallest absolute Gasteiger partial charge is 0.316 e. The Labute approximate surface area is 74.7 Å². The Morgan fingerprint density at radius 1 is 1.54 bits per heavy atom. The van der Waals surface area contributed by atoms with E-state index in [9.17, 15) is 13.2 Å². The van der Waals surface area contributed by atoms with E-state index in [0.29, 0.717) is 5.57 Å². The molecule has 2 nitrogen and oxygen atoms in total. The van der Waals surface area contributed by atoms with Gasteiger partial charge in [-0.05, 0) is 13.8 Å². The van der Waals surface area contributed by atoms with Crippen LogP contribution in [0.15, 0.2) is 23.8 Å². The topological polar surface area (TPSA) is 32.3 Å². The number of alkyl halides is 3. The molecule has 0 aromatic heterocycles. The van der Waals surface area contributed by atoms with Crippen LogP contribution in [0.2, 0.25) is 0 Å². The molecule has 0 aliphatic carbocycles. The van der Waals surface area contributed by atoms with Gasteiger partial charge in [0.25, 0.3) is 0 Å². The van der Waals surface area contributed by atoms with Crippen LogP contribution in [0.25, 0.3) is 0 Å². The fourth-order valence-corrected chi connectivity index (χ4v) is 0.583. The molecule has 76 valence electrons. The molecule has 5 heteroatoms. The van der Waals surface area contributed by atoms with Crippen LogP contribution in [0, 0.1) is 0 Å². The summed E-state index contributed by atoms with van der Waals surface area (Å²) in [4.78, 5) is 0. The summed E-state index contributed by atoms with van der Waals surface area (Å²) in [6.45, 7) is 5.89. The van der Waals surface area contributed by atoms with Crippen molar-refractivity contribution >= 4 is 0 Å². The van der Waals surface area contributed by atoms with Crippen molar-refractivity contribution in [3.8, 4) is 0 Å². The van der Waals surface area contributed by atoms with Crippen molar-refractivity contribution in [1.82, 2.24) is 5.48 Å². The minimum atomic E-state index is -4.41. The van der Waals surface area contributed by atoms with Crippen molar-refractivity contribution in [3.63, 3.8) is 0 Å². The fourth-order valence-electron chi connectivity index (χ4n) is 0.583. The van der Waals surface area contributed by atoms with E-state index < -0.39 is 17.8 Å². The molecule has 13 heavy (non-hydrogen) atoms. The number of hydrogen-bond donors (Lipinski definition) is 2. The Morgan fingerprint density at radius 3 is 2.31 bits per heavy atom. The molecular weight excluding hydrogens is 183 g/mol. The van der Waals surface area contributed by atoms with Crippen molar-refractivity contribution in [2.75, 3.05) is 0 Å². The van der Waals surface area contributed by atoms with Gasteiger partial charge >= 0.3 is 6.18 Å². The molecule has 0 amide bonds. The van der Waals surface area contributed by atoms with Gasteiger partial charge in [0.15, 0.2) is 0 Å². The van der Waals surface area contributed by atoms with Gasteiger partial charge in [-0.2, -0.15) is 18.7 Å². The first-order valence-electron chi connectivity index (χ1n) is 3.63. The second-order valence-electron chi connectivity index (χ2n) is 2.76. The van der Waals surface area contributed by atoms with Crippen LogP contribution >= 0.6 is 0 Å². The quantitative estimate of drug-likeness (QED) is 0.535. The fraction of sp³-hybridized carbons (Fsp3) is 0.500. The number of allylic oxidation sites excluding steroid dienone is 2. The summed E-state index contributed by atoms with van der Waals surface area (Å²) in [6.07, 6.45) is -3.51. The van der Waals surface area contributed by atoms with E-state index in [1.165, 1.54) is 13.8 Å². The second-order valence-corrected chi connectivity index (χ2v) is 2.76. The van der Waals surface area contributed by atoms with Gasteiger partial charge in [-0.15, -0.1) is 0 Å². The molecule has 0 bridgehead atoms. The summed E-state index contributed by atoms with van der Waals surface area (Å²) >= 11 is 0. The maximum absolute atomic E-state index is 11.9. The van der Waals surface area contributed by atoms with E-state index in [1.54, 1.807) is 0 Å². The van der Waals surface area contributed by atoms with Crippen molar-refractivity contribution in [2.45, 2.75) is 26.1 Å². The minimum Gasteiger partial charge on any atom is -0.316 e. The summed E-state index contributed by atoms with van der Waals surface area (Å²) in [5, 5.41) is 8.42. The predicted octanol–water partition coefficient (Wildman–Crippen LogP) is 2.42. The van der Waals surface area contributed by atoms with E-state index >= 15 is 0 Å². The van der Waals surface area contributed by atoms with E-state index in [4.69, 9.17) is 5.21 Å². The normalized spacial score (nSPS) is 15.7. The van der Waals surface area contributed by atoms with Crippen LogP contribution in [0.4, 0.5) is 13.2 Å². The first-order chi connectivity index (χ1) is 5.79. The van der Waals surface area contributed by atoms with Gasteiger partial charge in [0.2, 0.25) is 0 Å². The number of halogens is 3. The molecule has 0 spiro atoms. The second kappa shape index (κ2) is 4.43. The number of hydrogen-bond acceptors (Lipinski definition) is 2. The van der Waals surface area contributed by atoms with Crippen LogP contribution in [0.1, 0.15) is 13.8 Å². The summed E-state index contributed by atoms with van der Waals surface area (Å²) in [6, 6.07) is -0.515. The molecule has 0 rings (SSSR count). The van der Waals surface area contributed by atoms with Crippen LogP contribution in [-0.2, 0) is 0 Å². The van der Waals surface area contributed by atoms with Crippen LogP contribution in [0.3, 0.4) is 0 Å². The lowest BCUT2D eigenvalue weighted by Crippen LogP contribution is -2.23. The maximum atomic E-state index is 11.9. The largest absolute Gasteiger partial charge is 0.415 e. The molecule has 0 aromatic rings. The summed E-state index contributed by atoms with van der Waals surface area (Å²) in [5.74, 6) is 0. The molecule has 1 atom stereocenters. The molecule has 0 aliphatic rings. The monoisotopic (exact) mass is 195 g/mol. The Balaban J connectivity index is 4.49. The third-order valence-electron chi connectivity index (χ3n) is 1.64. The average molecular weight is 195 g/mol.